The quantitative estimate of drug-likeness (QED) is 0.180. The molecule has 2 heteroatoms. The first kappa shape index (κ1) is 29.3. The van der Waals surface area contributed by atoms with Crippen LogP contribution in [0, 0.1) is 0 Å². The molecule has 51 heavy (non-hydrogen) atoms. The summed E-state index contributed by atoms with van der Waals surface area (Å²) < 4.78 is 2.41. The van der Waals surface area contributed by atoms with Crippen LogP contribution >= 0.6 is 0 Å². The van der Waals surface area contributed by atoms with Gasteiger partial charge in [-0.15, -0.1) is 0 Å². The van der Waals surface area contributed by atoms with E-state index in [4.69, 9.17) is 0 Å². The van der Waals surface area contributed by atoms with Crippen molar-refractivity contribution < 1.29 is 0 Å². The summed E-state index contributed by atoms with van der Waals surface area (Å²) in [5.41, 5.74) is 12.2. The van der Waals surface area contributed by atoms with Crippen LogP contribution in [-0.4, -0.2) is 4.57 Å². The zero-order chi connectivity index (χ0) is 33.7. The zero-order valence-electron chi connectivity index (χ0n) is 28.1. The molecule has 1 heterocycles. The molecule has 0 saturated carbocycles. The molecular weight excluding hydrogens is 617 g/mol. The Morgan fingerprint density at radius 3 is 1.86 bits per heavy atom. The molecule has 1 aromatic heterocycles. The topological polar surface area (TPSA) is 8.17 Å². The molecule has 10 rings (SSSR count). The molecule has 0 radical (unpaired) electrons. The zero-order valence-corrected chi connectivity index (χ0v) is 28.1. The van der Waals surface area contributed by atoms with E-state index in [1.54, 1.807) is 0 Å². The van der Waals surface area contributed by atoms with Gasteiger partial charge in [0.15, 0.2) is 0 Å². The number of anilines is 3. The van der Waals surface area contributed by atoms with E-state index >= 15 is 0 Å². The molecule has 0 amide bonds. The highest BCUT2D eigenvalue weighted by Gasteiger charge is 2.17. The van der Waals surface area contributed by atoms with Gasteiger partial charge < -0.3 is 9.47 Å². The highest BCUT2D eigenvalue weighted by atomic mass is 15.1. The van der Waals surface area contributed by atoms with E-state index in [9.17, 15) is 0 Å². The standard InChI is InChI=1S/C49H34N2/c1-2-13-41(14-3-1)50(47-20-10-12-35-11-4-5-15-44(35)47)42-27-23-34(24-28-42)36-21-22-39-31-37-25-29-43(30-26-38(37)33-40(39)32-36)51-48-18-8-6-16-45(48)46-17-7-9-19-49(46)51/h1-24,26-33H,25H2. The first-order valence-electron chi connectivity index (χ1n) is 17.7. The highest BCUT2D eigenvalue weighted by Crippen LogP contribution is 2.40. The van der Waals surface area contributed by atoms with Crippen LogP contribution in [0.1, 0.15) is 11.1 Å². The second-order valence-electron chi connectivity index (χ2n) is 13.4. The third-order valence-electron chi connectivity index (χ3n) is 10.4. The Kier molecular flexibility index (Phi) is 6.92. The Morgan fingerprint density at radius 1 is 0.431 bits per heavy atom. The number of aromatic nitrogens is 1. The van der Waals surface area contributed by atoms with Crippen molar-refractivity contribution in [3.63, 3.8) is 0 Å². The molecule has 1 aliphatic carbocycles. The summed E-state index contributed by atoms with van der Waals surface area (Å²) in [6.45, 7) is 0. The molecule has 2 nitrogen and oxygen atoms in total. The molecule has 0 saturated heterocycles. The van der Waals surface area contributed by atoms with Crippen LogP contribution in [0.4, 0.5) is 17.1 Å². The number of para-hydroxylation sites is 3. The van der Waals surface area contributed by atoms with Crippen molar-refractivity contribution in [3.8, 4) is 11.1 Å². The lowest BCUT2D eigenvalue weighted by molar-refractivity contribution is 1.20. The minimum Gasteiger partial charge on any atom is -0.310 e. The summed E-state index contributed by atoms with van der Waals surface area (Å²) in [4.78, 5) is 2.36. The van der Waals surface area contributed by atoms with Crippen LogP contribution in [0.2, 0.25) is 0 Å². The number of rotatable bonds is 5. The summed E-state index contributed by atoms with van der Waals surface area (Å²) in [7, 11) is 0. The van der Waals surface area contributed by atoms with E-state index in [1.165, 1.54) is 77.0 Å². The maximum absolute atomic E-state index is 2.41. The Morgan fingerprint density at radius 2 is 1.08 bits per heavy atom. The SMILES string of the molecule is C1=Cc2cc3cc(-c4ccc(N(c5ccccc5)c5cccc6ccccc56)cc4)ccc3cc2CC=C1n1c2ccccc2c2ccccc21. The highest BCUT2D eigenvalue weighted by molar-refractivity contribution is 6.10. The maximum atomic E-state index is 2.41. The van der Waals surface area contributed by atoms with E-state index in [2.05, 4.69) is 204 Å². The summed E-state index contributed by atoms with van der Waals surface area (Å²) in [5.74, 6) is 0. The van der Waals surface area contributed by atoms with Crippen molar-refractivity contribution in [2.24, 2.45) is 0 Å². The number of fused-ring (bicyclic) bond motifs is 6. The van der Waals surface area contributed by atoms with Crippen LogP contribution in [0.3, 0.4) is 0 Å². The molecule has 0 N–H and O–H groups in total. The molecule has 8 aromatic carbocycles. The molecule has 0 unspecified atom stereocenters. The Balaban J connectivity index is 0.997. The second-order valence-corrected chi connectivity index (χ2v) is 13.4. The van der Waals surface area contributed by atoms with E-state index in [1.807, 2.05) is 0 Å². The predicted molar refractivity (Wildman–Crippen MR) is 218 cm³/mol. The number of hydrogen-bond donors (Lipinski definition) is 0. The first-order valence-corrected chi connectivity index (χ1v) is 17.7. The van der Waals surface area contributed by atoms with Crippen LogP contribution in [0.15, 0.2) is 188 Å². The van der Waals surface area contributed by atoms with Gasteiger partial charge in [0.05, 0.1) is 16.7 Å². The van der Waals surface area contributed by atoms with Gasteiger partial charge in [-0.05, 0) is 106 Å². The summed E-state index contributed by atoms with van der Waals surface area (Å²) >= 11 is 0. The average Bonchev–Trinajstić information content (AvgIpc) is 3.39. The van der Waals surface area contributed by atoms with Crippen molar-refractivity contribution >= 4 is 72.2 Å². The van der Waals surface area contributed by atoms with Crippen molar-refractivity contribution in [2.75, 3.05) is 4.90 Å². The van der Waals surface area contributed by atoms with Crippen molar-refractivity contribution in [3.05, 3.63) is 199 Å². The molecule has 240 valence electrons. The van der Waals surface area contributed by atoms with Crippen LogP contribution in [-0.2, 0) is 6.42 Å². The van der Waals surface area contributed by atoms with Gasteiger partial charge in [-0.3, -0.25) is 0 Å². The lowest BCUT2D eigenvalue weighted by Crippen LogP contribution is -2.10. The fraction of sp³-hybridized carbons (Fsp3) is 0.0204. The average molecular weight is 651 g/mol. The monoisotopic (exact) mass is 650 g/mol. The predicted octanol–water partition coefficient (Wildman–Crippen LogP) is 13.3. The molecule has 1 aliphatic rings. The van der Waals surface area contributed by atoms with Crippen molar-refractivity contribution in [2.45, 2.75) is 6.42 Å². The number of benzene rings is 8. The number of allylic oxidation sites excluding steroid dienone is 3. The smallest absolute Gasteiger partial charge is 0.0540 e. The molecule has 0 bridgehead atoms. The molecule has 0 spiro atoms. The summed E-state index contributed by atoms with van der Waals surface area (Å²) in [6, 6.07) is 63.8. The van der Waals surface area contributed by atoms with Gasteiger partial charge in [-0.2, -0.15) is 0 Å². The number of hydrogen-bond acceptors (Lipinski definition) is 1. The molecule has 0 fully saturated rings. The van der Waals surface area contributed by atoms with Gasteiger partial charge >= 0.3 is 0 Å². The Labute approximate surface area is 297 Å². The first-order chi connectivity index (χ1) is 25.3. The van der Waals surface area contributed by atoms with Crippen molar-refractivity contribution in [1.29, 1.82) is 0 Å². The van der Waals surface area contributed by atoms with E-state index in [0.29, 0.717) is 0 Å². The van der Waals surface area contributed by atoms with Gasteiger partial charge in [0.1, 0.15) is 0 Å². The third kappa shape index (κ3) is 5.04. The number of nitrogens with zero attached hydrogens (tertiary/aromatic N) is 2. The van der Waals surface area contributed by atoms with E-state index < -0.39 is 0 Å². The van der Waals surface area contributed by atoms with Crippen molar-refractivity contribution in [1.82, 2.24) is 4.57 Å². The van der Waals surface area contributed by atoms with E-state index in [-0.39, 0.29) is 0 Å². The Hall–Kier alpha value is -6.64. The molecule has 0 atom stereocenters. The normalized spacial score (nSPS) is 12.7. The largest absolute Gasteiger partial charge is 0.310 e. The molecule has 9 aromatic rings. The van der Waals surface area contributed by atoms with E-state index in [0.717, 1.165) is 17.8 Å². The Bertz CT molecular complexity index is 2760. The molecular formula is C49H34N2. The van der Waals surface area contributed by atoms with Gasteiger partial charge in [-0.1, -0.05) is 133 Å². The van der Waals surface area contributed by atoms with Gasteiger partial charge in [0.25, 0.3) is 0 Å². The fourth-order valence-corrected chi connectivity index (χ4v) is 7.91. The minimum atomic E-state index is 0.881. The van der Waals surface area contributed by atoms with Crippen LogP contribution in [0.25, 0.3) is 66.3 Å². The summed E-state index contributed by atoms with van der Waals surface area (Å²) in [6.07, 6.45) is 7.84. The van der Waals surface area contributed by atoms with Crippen LogP contribution in [0.5, 0.6) is 0 Å². The van der Waals surface area contributed by atoms with Gasteiger partial charge in [0, 0.05) is 33.2 Å². The maximum Gasteiger partial charge on any atom is 0.0540 e. The minimum absolute atomic E-state index is 0.881. The molecule has 0 aliphatic heterocycles. The summed E-state index contributed by atoms with van der Waals surface area (Å²) in [5, 5.41) is 7.56. The third-order valence-corrected chi connectivity index (χ3v) is 10.4. The van der Waals surface area contributed by atoms with Crippen LogP contribution < -0.4 is 4.90 Å². The lowest BCUT2D eigenvalue weighted by atomic mass is 9.96. The van der Waals surface area contributed by atoms with Gasteiger partial charge in [-0.25, -0.2) is 0 Å². The second kappa shape index (κ2) is 12.0. The fourth-order valence-electron chi connectivity index (χ4n) is 7.91. The lowest BCUT2D eigenvalue weighted by Gasteiger charge is -2.27. The van der Waals surface area contributed by atoms with Gasteiger partial charge in [0.2, 0.25) is 0 Å².